The Labute approximate surface area is 208 Å². The van der Waals surface area contributed by atoms with Crippen molar-refractivity contribution in [2.24, 2.45) is 5.41 Å². The molecule has 0 bridgehead atoms. The Bertz CT molecular complexity index is 1210. The second kappa shape index (κ2) is 9.70. The summed E-state index contributed by atoms with van der Waals surface area (Å²) in [5.74, 6) is 4.90. The molecule has 1 aromatic heterocycles. The maximum absolute atomic E-state index is 13.4. The summed E-state index contributed by atoms with van der Waals surface area (Å²) in [7, 11) is 0. The minimum Gasteiger partial charge on any atom is -0.392 e. The Morgan fingerprint density at radius 3 is 2.31 bits per heavy atom. The zero-order chi connectivity index (χ0) is 26.3. The first-order valence-electron chi connectivity index (χ1n) is 12.0. The topological polar surface area (TPSA) is 70.5 Å². The second-order valence-electron chi connectivity index (χ2n) is 10.0. The average Bonchev–Trinajstić information content (AvgIpc) is 2.80. The number of Topliss-reactive ketones (excluding diaryl/α,β-unsaturated/α-hetero) is 1. The van der Waals surface area contributed by atoms with Crippen molar-refractivity contribution >= 4 is 11.7 Å². The van der Waals surface area contributed by atoms with Gasteiger partial charge in [-0.3, -0.25) is 14.6 Å². The van der Waals surface area contributed by atoms with Crippen molar-refractivity contribution in [1.29, 1.82) is 0 Å². The number of aliphatic hydroxyl groups is 1. The van der Waals surface area contributed by atoms with Crippen molar-refractivity contribution in [2.45, 2.75) is 64.7 Å². The third-order valence-electron chi connectivity index (χ3n) is 7.52. The Kier molecular flexibility index (Phi) is 6.98. The summed E-state index contributed by atoms with van der Waals surface area (Å²) < 4.78 is 38.3. The van der Waals surface area contributed by atoms with Gasteiger partial charge in [0.25, 0.3) is 5.91 Å². The maximum atomic E-state index is 13.4. The van der Waals surface area contributed by atoms with E-state index in [1.807, 2.05) is 26.0 Å². The van der Waals surface area contributed by atoms with Gasteiger partial charge in [-0.25, -0.2) is 0 Å². The number of hydrogen-bond donors (Lipinski definition) is 1. The van der Waals surface area contributed by atoms with E-state index < -0.39 is 35.1 Å². The number of aromatic nitrogens is 1. The molecule has 5 nitrogen and oxygen atoms in total. The smallest absolute Gasteiger partial charge is 0.392 e. The van der Waals surface area contributed by atoms with Gasteiger partial charge in [-0.15, -0.1) is 5.92 Å². The van der Waals surface area contributed by atoms with Crippen LogP contribution < -0.4 is 0 Å². The number of ketones is 1. The van der Waals surface area contributed by atoms with E-state index in [1.165, 1.54) is 0 Å². The van der Waals surface area contributed by atoms with Crippen LogP contribution in [0.2, 0.25) is 0 Å². The average molecular weight is 499 g/mol. The molecule has 1 saturated carbocycles. The summed E-state index contributed by atoms with van der Waals surface area (Å²) in [4.78, 5) is 31.4. The van der Waals surface area contributed by atoms with Crippen molar-refractivity contribution in [1.82, 2.24) is 9.88 Å². The molecule has 8 heteroatoms. The molecule has 190 valence electrons. The second-order valence-corrected chi connectivity index (χ2v) is 10.0. The molecule has 2 aromatic rings. The number of aryl methyl sites for hydroxylation is 2. The molecular weight excluding hydrogens is 469 g/mol. The molecule has 1 aliphatic carbocycles. The van der Waals surface area contributed by atoms with Crippen molar-refractivity contribution in [3.8, 4) is 11.8 Å². The summed E-state index contributed by atoms with van der Waals surface area (Å²) in [5.41, 5.74) is 2.28. The Hall–Kier alpha value is -3.18. The van der Waals surface area contributed by atoms with E-state index in [0.29, 0.717) is 45.0 Å². The fraction of sp³-hybridized carbons (Fsp3) is 0.464. The first-order chi connectivity index (χ1) is 16.9. The predicted molar refractivity (Wildman–Crippen MR) is 128 cm³/mol. The van der Waals surface area contributed by atoms with Gasteiger partial charge < -0.3 is 10.0 Å². The molecule has 2 atom stereocenters. The lowest BCUT2D eigenvalue weighted by molar-refractivity contribution is -0.138. The van der Waals surface area contributed by atoms with E-state index in [1.54, 1.807) is 11.8 Å². The highest BCUT2D eigenvalue weighted by Crippen LogP contribution is 2.48. The van der Waals surface area contributed by atoms with Crippen LogP contribution in [0.1, 0.15) is 76.8 Å². The SMILES string of the molecule is CC#Cc1cc(C)c(C2C(=O)CC3(CCN(C(=O)c4ccc(C(F)(F)F)cn4)CC3)CC2O)c(C)c1. The lowest BCUT2D eigenvalue weighted by atomic mass is 9.62. The normalized spacial score (nSPS) is 21.8. The Morgan fingerprint density at radius 2 is 1.81 bits per heavy atom. The standard InChI is InChI=1S/C28H29F3N2O3/c1-4-5-19-12-17(2)24(18(3)13-19)25-22(34)14-27(15-23(25)35)8-10-33(11-9-27)26(36)21-7-6-20(16-32-21)28(29,30)31/h6-7,12-13,16,22,25,34H,8-11,14-15H2,1-3H3. The number of piperidine rings is 1. The highest BCUT2D eigenvalue weighted by atomic mass is 19.4. The molecule has 1 aliphatic heterocycles. The fourth-order valence-electron chi connectivity index (χ4n) is 5.78. The summed E-state index contributed by atoms with van der Waals surface area (Å²) >= 11 is 0. The molecule has 2 aliphatic rings. The van der Waals surface area contributed by atoms with E-state index in [0.717, 1.165) is 34.4 Å². The van der Waals surface area contributed by atoms with Crippen LogP contribution in [0.5, 0.6) is 0 Å². The van der Waals surface area contributed by atoms with E-state index in [9.17, 15) is 27.9 Å². The van der Waals surface area contributed by atoms with Gasteiger partial charge in [-0.1, -0.05) is 5.92 Å². The number of rotatable bonds is 2. The van der Waals surface area contributed by atoms with Crippen LogP contribution in [0.3, 0.4) is 0 Å². The Balaban J connectivity index is 1.45. The zero-order valence-electron chi connectivity index (χ0n) is 20.6. The highest BCUT2D eigenvalue weighted by Gasteiger charge is 2.48. The largest absolute Gasteiger partial charge is 0.417 e. The van der Waals surface area contributed by atoms with Crippen LogP contribution in [0.25, 0.3) is 0 Å². The number of likely N-dealkylation sites (tertiary alicyclic amines) is 1. The third kappa shape index (κ3) is 5.03. The minimum atomic E-state index is -4.51. The van der Waals surface area contributed by atoms with E-state index in [4.69, 9.17) is 0 Å². The molecular formula is C28H29F3N2O3. The van der Waals surface area contributed by atoms with Crippen LogP contribution in [-0.2, 0) is 11.0 Å². The first-order valence-corrected chi connectivity index (χ1v) is 12.0. The lowest BCUT2D eigenvalue weighted by Crippen LogP contribution is -2.49. The monoisotopic (exact) mass is 498 g/mol. The van der Waals surface area contributed by atoms with Gasteiger partial charge >= 0.3 is 6.18 Å². The molecule has 1 saturated heterocycles. The molecule has 2 heterocycles. The van der Waals surface area contributed by atoms with Gasteiger partial charge in [0.15, 0.2) is 0 Å². The number of aliphatic hydroxyl groups excluding tert-OH is 1. The van der Waals surface area contributed by atoms with E-state index >= 15 is 0 Å². The number of amides is 1. The van der Waals surface area contributed by atoms with Gasteiger partial charge in [0.2, 0.25) is 0 Å². The zero-order valence-corrected chi connectivity index (χ0v) is 20.6. The molecule has 36 heavy (non-hydrogen) atoms. The number of nitrogens with zero attached hydrogens (tertiary/aromatic N) is 2. The minimum absolute atomic E-state index is 0.00143. The van der Waals surface area contributed by atoms with Crippen molar-refractivity contribution in [2.75, 3.05) is 13.1 Å². The van der Waals surface area contributed by atoms with Crippen LogP contribution >= 0.6 is 0 Å². The van der Waals surface area contributed by atoms with Crippen LogP contribution in [-0.4, -0.2) is 45.9 Å². The molecule has 1 aromatic carbocycles. The number of benzene rings is 1. The number of pyridine rings is 1. The van der Waals surface area contributed by atoms with Crippen molar-refractivity contribution in [3.05, 3.63) is 64.0 Å². The fourth-order valence-corrected chi connectivity index (χ4v) is 5.78. The van der Waals surface area contributed by atoms with Crippen molar-refractivity contribution < 1.29 is 27.9 Å². The van der Waals surface area contributed by atoms with Gasteiger partial charge in [-0.05, 0) is 86.4 Å². The number of carbonyl (C=O) groups is 2. The molecule has 0 radical (unpaired) electrons. The van der Waals surface area contributed by atoms with Crippen LogP contribution in [0.15, 0.2) is 30.5 Å². The van der Waals surface area contributed by atoms with E-state index in [2.05, 4.69) is 16.8 Å². The third-order valence-corrected chi connectivity index (χ3v) is 7.52. The molecule has 2 unspecified atom stereocenters. The molecule has 1 amide bonds. The summed E-state index contributed by atoms with van der Waals surface area (Å²) in [5, 5.41) is 11.1. The van der Waals surface area contributed by atoms with Crippen molar-refractivity contribution in [3.63, 3.8) is 0 Å². The van der Waals surface area contributed by atoms with Crippen LogP contribution in [0, 0.1) is 31.1 Å². The highest BCUT2D eigenvalue weighted by molar-refractivity contribution is 5.92. The first kappa shape index (κ1) is 25.9. The molecule has 2 fully saturated rings. The molecule has 1 spiro atoms. The summed E-state index contributed by atoms with van der Waals surface area (Å²) in [6.07, 6.45) is -2.81. The Morgan fingerprint density at radius 1 is 1.17 bits per heavy atom. The summed E-state index contributed by atoms with van der Waals surface area (Å²) in [6.45, 7) is 6.36. The van der Waals surface area contributed by atoms with Gasteiger partial charge in [0, 0.05) is 31.3 Å². The quantitative estimate of drug-likeness (QED) is 0.603. The summed E-state index contributed by atoms with van der Waals surface area (Å²) in [6, 6.07) is 5.84. The maximum Gasteiger partial charge on any atom is 0.417 e. The number of halogens is 3. The van der Waals surface area contributed by atoms with Gasteiger partial charge in [0.05, 0.1) is 17.6 Å². The predicted octanol–water partition coefficient (Wildman–Crippen LogP) is 4.82. The van der Waals surface area contributed by atoms with Gasteiger partial charge in [-0.2, -0.15) is 13.2 Å². The molecule has 1 N–H and O–H groups in total. The van der Waals surface area contributed by atoms with E-state index in [-0.39, 0.29) is 11.5 Å². The van der Waals surface area contributed by atoms with Crippen LogP contribution in [0.4, 0.5) is 13.2 Å². The number of carbonyl (C=O) groups excluding carboxylic acids is 2. The number of alkyl halides is 3. The lowest BCUT2D eigenvalue weighted by Gasteiger charge is -2.47. The molecule has 4 rings (SSSR count). The van der Waals surface area contributed by atoms with Gasteiger partial charge in [0.1, 0.15) is 11.5 Å². The number of hydrogen-bond acceptors (Lipinski definition) is 4.